The molecule has 0 aromatic heterocycles. The Labute approximate surface area is 132 Å². The molecular weight excluding hydrogens is 284 g/mol. The van der Waals surface area contributed by atoms with Gasteiger partial charge in [0.2, 0.25) is 11.8 Å². The number of ether oxygens (including phenoxy) is 1. The van der Waals surface area contributed by atoms with Crippen molar-refractivity contribution in [2.75, 3.05) is 13.2 Å². The van der Waals surface area contributed by atoms with E-state index in [-0.39, 0.29) is 42.6 Å². The molecule has 1 saturated heterocycles. The summed E-state index contributed by atoms with van der Waals surface area (Å²) in [6.07, 6.45) is 6.40. The molecule has 3 N–H and O–H groups in total. The van der Waals surface area contributed by atoms with E-state index in [1.807, 2.05) is 0 Å². The monoisotopic (exact) mass is 312 g/mol. The Bertz CT molecular complexity index is 382. The van der Waals surface area contributed by atoms with Gasteiger partial charge in [0.15, 0.2) is 0 Å². The van der Waals surface area contributed by atoms with Gasteiger partial charge in [-0.1, -0.05) is 12.8 Å². The SMILES string of the molecule is CC(=O)N[C@@H]1CC[C@@H](CCNC(=O)C2CCCC2)O[C@H]1CO. The van der Waals surface area contributed by atoms with Crippen LogP contribution in [0.4, 0.5) is 0 Å². The molecular formula is C16H28N2O4. The van der Waals surface area contributed by atoms with Gasteiger partial charge in [-0.05, 0) is 32.1 Å². The van der Waals surface area contributed by atoms with E-state index in [0.717, 1.165) is 44.9 Å². The quantitative estimate of drug-likeness (QED) is 0.674. The smallest absolute Gasteiger partial charge is 0.223 e. The zero-order valence-corrected chi connectivity index (χ0v) is 13.3. The van der Waals surface area contributed by atoms with Gasteiger partial charge in [-0.3, -0.25) is 9.59 Å². The lowest BCUT2D eigenvalue weighted by Crippen LogP contribution is -2.50. The zero-order chi connectivity index (χ0) is 15.9. The van der Waals surface area contributed by atoms with Gasteiger partial charge in [0.1, 0.15) is 6.10 Å². The lowest BCUT2D eigenvalue weighted by molar-refractivity contribution is -0.128. The van der Waals surface area contributed by atoms with Crippen LogP contribution in [0, 0.1) is 5.92 Å². The van der Waals surface area contributed by atoms with Crippen molar-refractivity contribution in [2.45, 2.75) is 70.1 Å². The standard InChI is InChI=1S/C16H28N2O4/c1-11(20)18-14-7-6-13(22-15(14)10-19)8-9-17-16(21)12-4-2-3-5-12/h12-15,19H,2-10H2,1H3,(H,17,21)(H,18,20)/t13-,14+,15-/m0/s1. The minimum atomic E-state index is -0.354. The Balaban J connectivity index is 1.68. The number of rotatable bonds is 6. The minimum Gasteiger partial charge on any atom is -0.394 e. The molecule has 2 aliphatic rings. The molecule has 1 aliphatic carbocycles. The summed E-state index contributed by atoms with van der Waals surface area (Å²) in [6.45, 7) is 1.98. The van der Waals surface area contributed by atoms with Crippen molar-refractivity contribution in [1.82, 2.24) is 10.6 Å². The van der Waals surface area contributed by atoms with Crippen molar-refractivity contribution in [3.05, 3.63) is 0 Å². The molecule has 0 aromatic carbocycles. The highest BCUT2D eigenvalue weighted by Crippen LogP contribution is 2.25. The third kappa shape index (κ3) is 4.95. The summed E-state index contributed by atoms with van der Waals surface area (Å²) >= 11 is 0. The molecule has 1 saturated carbocycles. The first-order valence-corrected chi connectivity index (χ1v) is 8.41. The molecule has 0 unspecified atom stereocenters. The molecule has 1 heterocycles. The third-order valence-electron chi connectivity index (χ3n) is 4.68. The van der Waals surface area contributed by atoms with Gasteiger partial charge in [0.25, 0.3) is 0 Å². The first-order chi connectivity index (χ1) is 10.6. The van der Waals surface area contributed by atoms with E-state index in [0.29, 0.717) is 6.54 Å². The highest BCUT2D eigenvalue weighted by atomic mass is 16.5. The molecule has 0 bridgehead atoms. The molecule has 126 valence electrons. The largest absolute Gasteiger partial charge is 0.394 e. The number of nitrogens with one attached hydrogen (secondary N) is 2. The number of carbonyl (C=O) groups is 2. The molecule has 6 heteroatoms. The summed E-state index contributed by atoms with van der Waals surface area (Å²) in [5, 5.41) is 15.2. The second kappa shape index (κ2) is 8.48. The predicted octanol–water partition coefficient (Wildman–Crippen LogP) is 0.728. The predicted molar refractivity (Wildman–Crippen MR) is 82.2 cm³/mol. The lowest BCUT2D eigenvalue weighted by Gasteiger charge is -2.36. The number of hydrogen-bond donors (Lipinski definition) is 3. The van der Waals surface area contributed by atoms with Crippen LogP contribution < -0.4 is 10.6 Å². The van der Waals surface area contributed by atoms with Crippen LogP contribution in [0.1, 0.15) is 51.9 Å². The van der Waals surface area contributed by atoms with Gasteiger partial charge >= 0.3 is 0 Å². The van der Waals surface area contributed by atoms with Gasteiger partial charge in [-0.25, -0.2) is 0 Å². The van der Waals surface area contributed by atoms with E-state index >= 15 is 0 Å². The summed E-state index contributed by atoms with van der Waals surface area (Å²) in [5.41, 5.74) is 0. The van der Waals surface area contributed by atoms with Crippen LogP contribution in [0.3, 0.4) is 0 Å². The number of aliphatic hydroxyl groups is 1. The number of hydrogen-bond acceptors (Lipinski definition) is 4. The number of carbonyl (C=O) groups excluding carboxylic acids is 2. The Morgan fingerprint density at radius 1 is 1.18 bits per heavy atom. The van der Waals surface area contributed by atoms with E-state index in [9.17, 15) is 14.7 Å². The van der Waals surface area contributed by atoms with Gasteiger partial charge in [-0.2, -0.15) is 0 Å². The average molecular weight is 312 g/mol. The molecule has 3 atom stereocenters. The summed E-state index contributed by atoms with van der Waals surface area (Å²) in [7, 11) is 0. The zero-order valence-electron chi connectivity index (χ0n) is 13.3. The lowest BCUT2D eigenvalue weighted by atomic mass is 9.97. The van der Waals surface area contributed by atoms with Crippen molar-refractivity contribution in [1.29, 1.82) is 0 Å². The second-order valence-corrected chi connectivity index (χ2v) is 6.42. The average Bonchev–Trinajstić information content (AvgIpc) is 3.02. The second-order valence-electron chi connectivity index (χ2n) is 6.42. The van der Waals surface area contributed by atoms with Crippen molar-refractivity contribution in [2.24, 2.45) is 5.92 Å². The summed E-state index contributed by atoms with van der Waals surface area (Å²) in [5.74, 6) is 0.263. The minimum absolute atomic E-state index is 0.0334. The number of amides is 2. The fourth-order valence-corrected chi connectivity index (χ4v) is 3.46. The van der Waals surface area contributed by atoms with Crippen molar-refractivity contribution in [3.63, 3.8) is 0 Å². The molecule has 2 fully saturated rings. The van der Waals surface area contributed by atoms with Gasteiger partial charge in [-0.15, -0.1) is 0 Å². The Kier molecular flexibility index (Phi) is 6.64. The van der Waals surface area contributed by atoms with E-state index < -0.39 is 0 Å². The normalized spacial score (nSPS) is 29.3. The maximum atomic E-state index is 11.9. The van der Waals surface area contributed by atoms with Crippen LogP contribution >= 0.6 is 0 Å². The summed E-state index contributed by atoms with van der Waals surface area (Å²) in [6, 6.07) is -0.119. The van der Waals surface area contributed by atoms with Crippen LogP contribution in [-0.4, -0.2) is 48.3 Å². The summed E-state index contributed by atoms with van der Waals surface area (Å²) in [4.78, 5) is 23.1. The first-order valence-electron chi connectivity index (χ1n) is 8.41. The van der Waals surface area contributed by atoms with Crippen LogP contribution in [-0.2, 0) is 14.3 Å². The maximum Gasteiger partial charge on any atom is 0.223 e. The van der Waals surface area contributed by atoms with E-state index in [1.54, 1.807) is 0 Å². The number of aliphatic hydroxyl groups excluding tert-OH is 1. The Morgan fingerprint density at radius 3 is 2.55 bits per heavy atom. The van der Waals surface area contributed by atoms with Crippen molar-refractivity contribution >= 4 is 11.8 Å². The topological polar surface area (TPSA) is 87.7 Å². The van der Waals surface area contributed by atoms with Crippen LogP contribution in [0.25, 0.3) is 0 Å². The highest BCUT2D eigenvalue weighted by molar-refractivity contribution is 5.78. The fraction of sp³-hybridized carbons (Fsp3) is 0.875. The molecule has 1 aliphatic heterocycles. The fourth-order valence-electron chi connectivity index (χ4n) is 3.46. The molecule has 0 radical (unpaired) electrons. The van der Waals surface area contributed by atoms with Crippen LogP contribution in [0.15, 0.2) is 0 Å². The van der Waals surface area contributed by atoms with Crippen molar-refractivity contribution < 1.29 is 19.4 Å². The molecule has 0 aromatic rings. The third-order valence-corrected chi connectivity index (χ3v) is 4.68. The molecule has 2 rings (SSSR count). The molecule has 22 heavy (non-hydrogen) atoms. The van der Waals surface area contributed by atoms with Crippen LogP contribution in [0.2, 0.25) is 0 Å². The highest BCUT2D eigenvalue weighted by Gasteiger charge is 2.31. The molecule has 0 spiro atoms. The van der Waals surface area contributed by atoms with Gasteiger partial charge in [0.05, 0.1) is 18.8 Å². The van der Waals surface area contributed by atoms with E-state index in [2.05, 4.69) is 10.6 Å². The van der Waals surface area contributed by atoms with Gasteiger partial charge in [0, 0.05) is 19.4 Å². The van der Waals surface area contributed by atoms with E-state index in [1.165, 1.54) is 6.92 Å². The van der Waals surface area contributed by atoms with Crippen LogP contribution in [0.5, 0.6) is 0 Å². The Hall–Kier alpha value is -1.14. The Morgan fingerprint density at radius 2 is 1.91 bits per heavy atom. The molecule has 2 amide bonds. The van der Waals surface area contributed by atoms with Gasteiger partial charge < -0.3 is 20.5 Å². The molecule has 6 nitrogen and oxygen atoms in total. The maximum absolute atomic E-state index is 11.9. The van der Waals surface area contributed by atoms with Crippen molar-refractivity contribution in [3.8, 4) is 0 Å². The first kappa shape index (κ1) is 17.2. The summed E-state index contributed by atoms with van der Waals surface area (Å²) < 4.78 is 5.84. The van der Waals surface area contributed by atoms with E-state index in [4.69, 9.17) is 4.74 Å².